The van der Waals surface area contributed by atoms with Crippen LogP contribution in [0, 0.1) is 23.7 Å². The van der Waals surface area contributed by atoms with E-state index in [-0.39, 0.29) is 6.10 Å². The zero-order valence-electron chi connectivity index (χ0n) is 23.7. The first-order valence-corrected chi connectivity index (χ1v) is 15.2. The molecule has 2 saturated heterocycles. The molecule has 1 saturated carbocycles. The average Bonchev–Trinajstić information content (AvgIpc) is 2.84. The smallest absolute Gasteiger partial charge is 0.0577 e. The molecule has 0 amide bonds. The third kappa shape index (κ3) is 10.2. The Kier molecular flexibility index (Phi) is 12.8. The molecule has 3 fully saturated rings. The number of nitrogens with one attached hydrogen (secondary N) is 4. The number of hydrogen-bond acceptors (Lipinski definition) is 6. The molecule has 3 rings (SSSR count). The van der Waals surface area contributed by atoms with Crippen LogP contribution in [-0.4, -0.2) is 73.1 Å². The maximum Gasteiger partial charge on any atom is 0.0577 e. The summed E-state index contributed by atoms with van der Waals surface area (Å²) in [6.45, 7) is 16.7. The lowest BCUT2D eigenvalue weighted by molar-refractivity contribution is 0.0935. The SMILES string of the molecule is CC(C)[C@H]1CN[C@@H](C)CN2CCC[C@@H](CN[C@H](C)C3CCCC(CCCC[C@@H](O)[C@H](C)CN1)C3)N2. The minimum absolute atomic E-state index is 0.193. The van der Waals surface area contributed by atoms with Crippen molar-refractivity contribution in [2.45, 2.75) is 129 Å². The quantitative estimate of drug-likeness (QED) is 0.382. The summed E-state index contributed by atoms with van der Waals surface area (Å²) in [5.41, 5.74) is 3.83. The minimum Gasteiger partial charge on any atom is -0.393 e. The molecule has 6 nitrogen and oxygen atoms in total. The second-order valence-corrected chi connectivity index (χ2v) is 12.8. The summed E-state index contributed by atoms with van der Waals surface area (Å²) < 4.78 is 0. The highest BCUT2D eigenvalue weighted by atomic mass is 16.3. The summed E-state index contributed by atoms with van der Waals surface area (Å²) in [6.07, 6.45) is 12.7. The molecular formula is C29H59N5O. The van der Waals surface area contributed by atoms with Gasteiger partial charge >= 0.3 is 0 Å². The van der Waals surface area contributed by atoms with Crippen LogP contribution in [0.25, 0.3) is 0 Å². The van der Waals surface area contributed by atoms with E-state index < -0.39 is 0 Å². The maximum absolute atomic E-state index is 10.8. The van der Waals surface area contributed by atoms with Crippen LogP contribution in [-0.2, 0) is 0 Å². The fourth-order valence-corrected chi connectivity index (χ4v) is 6.56. The van der Waals surface area contributed by atoms with Crippen molar-refractivity contribution in [2.75, 3.05) is 32.7 Å². The summed E-state index contributed by atoms with van der Waals surface area (Å²) in [7, 11) is 0. The van der Waals surface area contributed by atoms with E-state index >= 15 is 0 Å². The molecule has 35 heavy (non-hydrogen) atoms. The summed E-state index contributed by atoms with van der Waals surface area (Å²) in [5, 5.41) is 24.7. The Morgan fingerprint density at radius 3 is 2.37 bits per heavy atom. The van der Waals surface area contributed by atoms with E-state index in [2.05, 4.69) is 61.0 Å². The highest BCUT2D eigenvalue weighted by Gasteiger charge is 2.28. The number of fused-ring (bicyclic) bond motifs is 4. The minimum atomic E-state index is -0.193. The topological polar surface area (TPSA) is 71.6 Å². The van der Waals surface area contributed by atoms with Gasteiger partial charge in [-0.1, -0.05) is 52.9 Å². The van der Waals surface area contributed by atoms with Gasteiger partial charge in [0.15, 0.2) is 0 Å². The van der Waals surface area contributed by atoms with Gasteiger partial charge in [0.05, 0.1) is 6.10 Å². The summed E-state index contributed by atoms with van der Waals surface area (Å²) in [5.74, 6) is 2.57. The fraction of sp³-hybridized carbons (Fsp3) is 1.00. The molecule has 206 valence electrons. The van der Waals surface area contributed by atoms with Gasteiger partial charge in [0, 0.05) is 56.9 Å². The Morgan fingerprint density at radius 1 is 0.800 bits per heavy atom. The molecule has 0 radical (unpaired) electrons. The van der Waals surface area contributed by atoms with Crippen molar-refractivity contribution < 1.29 is 5.11 Å². The molecule has 0 spiro atoms. The first kappa shape index (κ1) is 29.3. The number of hydrazine groups is 1. The first-order chi connectivity index (χ1) is 16.8. The van der Waals surface area contributed by atoms with Crippen LogP contribution in [0.15, 0.2) is 0 Å². The van der Waals surface area contributed by atoms with Crippen molar-refractivity contribution in [1.29, 1.82) is 0 Å². The van der Waals surface area contributed by atoms with Gasteiger partial charge in [-0.15, -0.1) is 0 Å². The van der Waals surface area contributed by atoms with Gasteiger partial charge in [-0.25, -0.2) is 5.01 Å². The third-order valence-corrected chi connectivity index (χ3v) is 9.27. The molecule has 3 unspecified atom stereocenters. The Balaban J connectivity index is 1.59. The van der Waals surface area contributed by atoms with E-state index in [1.54, 1.807) is 0 Å². The summed E-state index contributed by atoms with van der Waals surface area (Å²) >= 11 is 0. The summed E-state index contributed by atoms with van der Waals surface area (Å²) in [6, 6.07) is 2.03. The molecular weight excluding hydrogens is 434 g/mol. The van der Waals surface area contributed by atoms with E-state index in [0.29, 0.717) is 36.0 Å². The molecule has 1 aliphatic carbocycles. The Bertz CT molecular complexity index is 575. The van der Waals surface area contributed by atoms with Crippen molar-refractivity contribution in [3.8, 4) is 0 Å². The molecule has 3 aliphatic rings. The van der Waals surface area contributed by atoms with Crippen LogP contribution >= 0.6 is 0 Å². The third-order valence-electron chi connectivity index (χ3n) is 9.27. The van der Waals surface area contributed by atoms with Crippen molar-refractivity contribution in [3.05, 3.63) is 0 Å². The van der Waals surface area contributed by atoms with Crippen molar-refractivity contribution in [2.24, 2.45) is 23.7 Å². The monoisotopic (exact) mass is 493 g/mol. The highest BCUT2D eigenvalue weighted by Crippen LogP contribution is 2.34. The normalized spacial score (nSPS) is 42.1. The van der Waals surface area contributed by atoms with Crippen LogP contribution in [0.4, 0.5) is 0 Å². The first-order valence-electron chi connectivity index (χ1n) is 15.2. The van der Waals surface area contributed by atoms with Crippen LogP contribution in [0.1, 0.15) is 98.8 Å². The highest BCUT2D eigenvalue weighted by molar-refractivity contribution is 4.84. The molecule has 0 aromatic rings. The molecule has 0 aromatic carbocycles. The number of hydrogen-bond donors (Lipinski definition) is 5. The second kappa shape index (κ2) is 15.2. The van der Waals surface area contributed by atoms with Crippen LogP contribution in [0.2, 0.25) is 0 Å². The molecule has 4 bridgehead atoms. The van der Waals surface area contributed by atoms with Gasteiger partial charge in [0.2, 0.25) is 0 Å². The average molecular weight is 494 g/mol. The number of rotatable bonds is 1. The zero-order chi connectivity index (χ0) is 25.2. The van der Waals surface area contributed by atoms with Crippen molar-refractivity contribution >= 4 is 0 Å². The molecule has 9 atom stereocenters. The van der Waals surface area contributed by atoms with Crippen LogP contribution in [0.5, 0.6) is 0 Å². The lowest BCUT2D eigenvalue weighted by Crippen LogP contribution is -2.57. The standard InChI is InChI=1S/C29H59N5O/c1-21(2)28-19-30-23(4)20-34-15-9-13-27(33-34)18-31-24(5)26-12-8-11-25(16-26)10-6-7-14-29(35)22(3)17-32-28/h21-33,35H,6-20H2,1-5H3/t22-,23+,24-,25?,26?,27+,28-,29-/m1/s1. The second-order valence-electron chi connectivity index (χ2n) is 12.8. The van der Waals surface area contributed by atoms with E-state index in [0.717, 1.165) is 57.4 Å². The Labute approximate surface area is 217 Å². The van der Waals surface area contributed by atoms with Crippen molar-refractivity contribution in [1.82, 2.24) is 26.4 Å². The van der Waals surface area contributed by atoms with Crippen LogP contribution in [0.3, 0.4) is 0 Å². The Morgan fingerprint density at radius 2 is 1.57 bits per heavy atom. The van der Waals surface area contributed by atoms with Gasteiger partial charge < -0.3 is 21.1 Å². The molecule has 0 aromatic heterocycles. The van der Waals surface area contributed by atoms with Gasteiger partial charge in [-0.3, -0.25) is 5.43 Å². The van der Waals surface area contributed by atoms with Gasteiger partial charge in [0.25, 0.3) is 0 Å². The molecule has 6 heteroatoms. The number of aliphatic hydroxyl groups is 1. The predicted octanol–water partition coefficient (Wildman–Crippen LogP) is 3.90. The van der Waals surface area contributed by atoms with Gasteiger partial charge in [-0.2, -0.15) is 0 Å². The molecule has 2 aliphatic heterocycles. The largest absolute Gasteiger partial charge is 0.393 e. The lowest BCUT2D eigenvalue weighted by Gasteiger charge is -2.38. The molecule has 2 heterocycles. The summed E-state index contributed by atoms with van der Waals surface area (Å²) in [4.78, 5) is 0. The van der Waals surface area contributed by atoms with Gasteiger partial charge in [0.1, 0.15) is 0 Å². The molecule has 5 N–H and O–H groups in total. The number of nitrogens with zero attached hydrogens (tertiary/aromatic N) is 1. The lowest BCUT2D eigenvalue weighted by atomic mass is 9.76. The number of aliphatic hydroxyl groups excluding tert-OH is 1. The fourth-order valence-electron chi connectivity index (χ4n) is 6.56. The van der Waals surface area contributed by atoms with Gasteiger partial charge in [-0.05, 0) is 69.6 Å². The Hall–Kier alpha value is -0.240. The van der Waals surface area contributed by atoms with E-state index in [9.17, 15) is 5.11 Å². The van der Waals surface area contributed by atoms with E-state index in [1.165, 1.54) is 51.4 Å². The maximum atomic E-state index is 10.8. The van der Waals surface area contributed by atoms with E-state index in [1.807, 2.05) is 0 Å². The van der Waals surface area contributed by atoms with E-state index in [4.69, 9.17) is 0 Å². The zero-order valence-corrected chi connectivity index (χ0v) is 23.7. The van der Waals surface area contributed by atoms with Crippen molar-refractivity contribution in [3.63, 3.8) is 0 Å². The predicted molar refractivity (Wildman–Crippen MR) is 148 cm³/mol. The van der Waals surface area contributed by atoms with Crippen LogP contribution < -0.4 is 21.4 Å².